The highest BCUT2D eigenvalue weighted by Gasteiger charge is 2.15. The molecule has 0 saturated carbocycles. The number of anilines is 1. The lowest BCUT2D eigenvalue weighted by atomic mass is 10.3. The Balaban J connectivity index is 2.18. The summed E-state index contributed by atoms with van der Waals surface area (Å²) in [6, 6.07) is 5.34. The van der Waals surface area contributed by atoms with E-state index in [9.17, 15) is 4.79 Å². The number of nitrogens with zero attached hydrogens (tertiary/aromatic N) is 3. The Morgan fingerprint density at radius 1 is 1.53 bits per heavy atom. The largest absolute Gasteiger partial charge is 0.306 e. The normalized spacial score (nSPS) is 10.2. The molecule has 2 aromatic heterocycles. The predicted octanol–water partition coefficient (Wildman–Crippen LogP) is 2.31. The van der Waals surface area contributed by atoms with E-state index in [-0.39, 0.29) is 5.91 Å². The molecule has 0 aromatic carbocycles. The van der Waals surface area contributed by atoms with Crippen molar-refractivity contribution in [2.75, 3.05) is 5.32 Å². The topological polar surface area (TPSA) is 59.8 Å². The average Bonchev–Trinajstić information content (AvgIpc) is 2.71. The third-order valence-electron chi connectivity index (χ3n) is 2.23. The molecule has 6 heteroatoms. The lowest BCUT2D eigenvalue weighted by Gasteiger charge is -2.03. The Morgan fingerprint density at radius 3 is 2.94 bits per heavy atom. The van der Waals surface area contributed by atoms with Gasteiger partial charge in [0.2, 0.25) is 0 Å². The maximum atomic E-state index is 11.9. The molecule has 0 saturated heterocycles. The van der Waals surface area contributed by atoms with Gasteiger partial charge in [-0.25, -0.2) is 4.98 Å². The number of amides is 1. The standard InChI is InChI=1S/C11H11BrN4O/c1-2-16-10(12)8(7-14-16)11(17)15-9-5-3-4-6-13-9/h3-7H,2H2,1H3,(H,13,15,17). The molecule has 1 amide bonds. The van der Waals surface area contributed by atoms with E-state index in [4.69, 9.17) is 0 Å². The SMILES string of the molecule is CCn1ncc(C(=O)Nc2ccccn2)c1Br. The molecule has 0 atom stereocenters. The first kappa shape index (κ1) is 11.8. The van der Waals surface area contributed by atoms with Crippen molar-refractivity contribution in [1.29, 1.82) is 0 Å². The van der Waals surface area contributed by atoms with Crippen LogP contribution < -0.4 is 5.32 Å². The molecule has 0 aliphatic heterocycles. The summed E-state index contributed by atoms with van der Waals surface area (Å²) in [6.07, 6.45) is 3.16. The number of carbonyl (C=O) groups is 1. The fourth-order valence-corrected chi connectivity index (χ4v) is 1.99. The Bertz CT molecular complexity index is 524. The van der Waals surface area contributed by atoms with Crippen LogP contribution in [0, 0.1) is 0 Å². The summed E-state index contributed by atoms with van der Waals surface area (Å²) in [5.74, 6) is 0.295. The van der Waals surface area contributed by atoms with E-state index < -0.39 is 0 Å². The molecule has 2 aromatic rings. The predicted molar refractivity (Wildman–Crippen MR) is 67.8 cm³/mol. The van der Waals surface area contributed by atoms with Gasteiger partial charge in [-0.1, -0.05) is 6.07 Å². The molecule has 0 aliphatic carbocycles. The van der Waals surface area contributed by atoms with Crippen LogP contribution in [0.3, 0.4) is 0 Å². The van der Waals surface area contributed by atoms with E-state index in [1.54, 1.807) is 23.0 Å². The van der Waals surface area contributed by atoms with Gasteiger partial charge in [-0.15, -0.1) is 0 Å². The van der Waals surface area contributed by atoms with E-state index >= 15 is 0 Å². The lowest BCUT2D eigenvalue weighted by Crippen LogP contribution is -2.13. The highest BCUT2D eigenvalue weighted by molar-refractivity contribution is 9.10. The number of halogens is 1. The molecule has 1 N–H and O–H groups in total. The molecule has 0 aliphatic rings. The van der Waals surface area contributed by atoms with Gasteiger partial charge in [0.1, 0.15) is 10.4 Å². The van der Waals surface area contributed by atoms with Crippen molar-refractivity contribution < 1.29 is 4.79 Å². The second-order valence-corrected chi connectivity index (χ2v) is 4.09. The van der Waals surface area contributed by atoms with Crippen LogP contribution in [0.25, 0.3) is 0 Å². The van der Waals surface area contributed by atoms with Gasteiger partial charge in [-0.3, -0.25) is 9.48 Å². The quantitative estimate of drug-likeness (QED) is 0.945. The van der Waals surface area contributed by atoms with Gasteiger partial charge in [-0.2, -0.15) is 5.10 Å². The number of carbonyl (C=O) groups excluding carboxylic acids is 1. The minimum Gasteiger partial charge on any atom is -0.306 e. The number of aryl methyl sites for hydroxylation is 1. The molecule has 0 fully saturated rings. The second-order valence-electron chi connectivity index (χ2n) is 3.33. The molecule has 0 bridgehead atoms. The summed E-state index contributed by atoms with van der Waals surface area (Å²) in [5, 5.41) is 6.79. The van der Waals surface area contributed by atoms with Gasteiger partial charge in [-0.05, 0) is 35.0 Å². The number of hydrogen-bond donors (Lipinski definition) is 1. The van der Waals surface area contributed by atoms with Crippen LogP contribution >= 0.6 is 15.9 Å². The van der Waals surface area contributed by atoms with Crippen molar-refractivity contribution in [3.8, 4) is 0 Å². The van der Waals surface area contributed by atoms with Gasteiger partial charge >= 0.3 is 0 Å². The maximum absolute atomic E-state index is 11.9. The maximum Gasteiger partial charge on any atom is 0.261 e. The smallest absolute Gasteiger partial charge is 0.261 e. The summed E-state index contributed by atoms with van der Waals surface area (Å²) >= 11 is 3.34. The van der Waals surface area contributed by atoms with E-state index in [0.29, 0.717) is 22.5 Å². The molecule has 2 rings (SSSR count). The zero-order valence-corrected chi connectivity index (χ0v) is 10.8. The number of rotatable bonds is 3. The zero-order valence-electron chi connectivity index (χ0n) is 9.22. The summed E-state index contributed by atoms with van der Waals surface area (Å²) in [7, 11) is 0. The van der Waals surface area contributed by atoms with Crippen LogP contribution in [0.5, 0.6) is 0 Å². The Kier molecular flexibility index (Phi) is 3.53. The molecule has 0 spiro atoms. The second kappa shape index (κ2) is 5.09. The number of hydrogen-bond acceptors (Lipinski definition) is 3. The van der Waals surface area contributed by atoms with Crippen LogP contribution in [-0.4, -0.2) is 20.7 Å². The third kappa shape index (κ3) is 2.52. The van der Waals surface area contributed by atoms with Crippen LogP contribution in [0.2, 0.25) is 0 Å². The molecular formula is C11H11BrN4O. The summed E-state index contributed by atoms with van der Waals surface area (Å²) < 4.78 is 2.38. The van der Waals surface area contributed by atoms with E-state index in [0.717, 1.165) is 0 Å². The van der Waals surface area contributed by atoms with E-state index in [1.807, 2.05) is 13.0 Å². The van der Waals surface area contributed by atoms with Gasteiger partial charge in [0.15, 0.2) is 0 Å². The number of pyridine rings is 1. The van der Waals surface area contributed by atoms with Gasteiger partial charge in [0.25, 0.3) is 5.91 Å². The molecule has 2 heterocycles. The number of aromatic nitrogens is 3. The number of nitrogens with one attached hydrogen (secondary N) is 1. The van der Waals surface area contributed by atoms with E-state index in [1.165, 1.54) is 6.20 Å². The summed E-state index contributed by atoms with van der Waals surface area (Å²) in [6.45, 7) is 2.66. The monoisotopic (exact) mass is 294 g/mol. The molecule has 17 heavy (non-hydrogen) atoms. The minimum absolute atomic E-state index is 0.227. The Labute approximate surface area is 107 Å². The molecule has 88 valence electrons. The zero-order chi connectivity index (χ0) is 12.3. The van der Waals surface area contributed by atoms with Crippen molar-refractivity contribution >= 4 is 27.7 Å². The Morgan fingerprint density at radius 2 is 2.35 bits per heavy atom. The van der Waals surface area contributed by atoms with Crippen LogP contribution in [0.15, 0.2) is 35.2 Å². The molecule has 0 radical (unpaired) electrons. The molecular weight excluding hydrogens is 284 g/mol. The first-order valence-corrected chi connectivity index (χ1v) is 5.95. The average molecular weight is 295 g/mol. The first-order valence-electron chi connectivity index (χ1n) is 5.16. The third-order valence-corrected chi connectivity index (χ3v) is 3.06. The van der Waals surface area contributed by atoms with Gasteiger partial charge in [0.05, 0.1) is 11.8 Å². The van der Waals surface area contributed by atoms with Crippen molar-refractivity contribution in [2.45, 2.75) is 13.5 Å². The van der Waals surface area contributed by atoms with Crippen LogP contribution in [0.1, 0.15) is 17.3 Å². The minimum atomic E-state index is -0.227. The lowest BCUT2D eigenvalue weighted by molar-refractivity contribution is 0.102. The van der Waals surface area contributed by atoms with Crippen molar-refractivity contribution in [1.82, 2.24) is 14.8 Å². The fraction of sp³-hybridized carbons (Fsp3) is 0.182. The van der Waals surface area contributed by atoms with E-state index in [2.05, 4.69) is 31.3 Å². The van der Waals surface area contributed by atoms with Crippen LogP contribution in [-0.2, 0) is 6.54 Å². The van der Waals surface area contributed by atoms with Crippen molar-refractivity contribution in [3.63, 3.8) is 0 Å². The van der Waals surface area contributed by atoms with Crippen molar-refractivity contribution in [2.24, 2.45) is 0 Å². The van der Waals surface area contributed by atoms with Crippen LogP contribution in [0.4, 0.5) is 5.82 Å². The highest BCUT2D eigenvalue weighted by atomic mass is 79.9. The first-order chi connectivity index (χ1) is 8.22. The van der Waals surface area contributed by atoms with Gasteiger partial charge < -0.3 is 5.32 Å². The molecule has 5 nitrogen and oxygen atoms in total. The summed E-state index contributed by atoms with van der Waals surface area (Å²) in [4.78, 5) is 16.0. The van der Waals surface area contributed by atoms with Crippen molar-refractivity contribution in [3.05, 3.63) is 40.8 Å². The Hall–Kier alpha value is -1.69. The molecule has 0 unspecified atom stereocenters. The summed E-state index contributed by atoms with van der Waals surface area (Å²) in [5.41, 5.74) is 0.498. The van der Waals surface area contributed by atoms with Gasteiger partial charge in [0, 0.05) is 12.7 Å². The fourth-order valence-electron chi connectivity index (χ4n) is 1.36. The highest BCUT2D eigenvalue weighted by Crippen LogP contribution is 2.17.